The lowest BCUT2D eigenvalue weighted by atomic mass is 10.1. The predicted molar refractivity (Wildman–Crippen MR) is 126 cm³/mol. The Labute approximate surface area is 197 Å². The lowest BCUT2D eigenvalue weighted by Gasteiger charge is -2.26. The predicted octanol–water partition coefficient (Wildman–Crippen LogP) is 4.37. The minimum Gasteiger partial charge on any atom is -0.494 e. The van der Waals surface area contributed by atoms with E-state index in [1.165, 1.54) is 17.8 Å². The molecule has 1 aliphatic rings. The minimum atomic E-state index is -0.822. The molecule has 34 heavy (non-hydrogen) atoms. The summed E-state index contributed by atoms with van der Waals surface area (Å²) in [6.07, 6.45) is 1.31. The smallest absolute Gasteiger partial charge is 0.335 e. The number of nitrogens with one attached hydrogen (secondary N) is 2. The van der Waals surface area contributed by atoms with E-state index >= 15 is 0 Å². The zero-order valence-corrected chi connectivity index (χ0v) is 18.7. The Hall–Kier alpha value is -4.31. The number of benzene rings is 2. The Balaban J connectivity index is 1.37. The number of anilines is 1. The van der Waals surface area contributed by atoms with Gasteiger partial charge in [-0.1, -0.05) is 12.1 Å². The van der Waals surface area contributed by atoms with E-state index in [9.17, 15) is 14.4 Å². The van der Waals surface area contributed by atoms with Gasteiger partial charge in [-0.05, 0) is 73.3 Å². The maximum absolute atomic E-state index is 13.0. The van der Waals surface area contributed by atoms with Crippen molar-refractivity contribution < 1.29 is 23.5 Å². The van der Waals surface area contributed by atoms with Crippen LogP contribution in [0.5, 0.6) is 5.75 Å². The van der Waals surface area contributed by atoms with Crippen molar-refractivity contribution in [1.29, 1.82) is 0 Å². The zero-order chi connectivity index (χ0) is 23.7. The molecule has 2 aromatic heterocycles. The van der Waals surface area contributed by atoms with Gasteiger partial charge in [0, 0.05) is 0 Å². The van der Waals surface area contributed by atoms with Gasteiger partial charge >= 0.3 is 6.03 Å². The summed E-state index contributed by atoms with van der Waals surface area (Å²) in [6, 6.07) is 16.6. The number of para-hydroxylation sites is 2. The quantitative estimate of drug-likeness (QED) is 0.315. The number of amides is 4. The van der Waals surface area contributed by atoms with E-state index in [1.807, 2.05) is 31.2 Å². The Morgan fingerprint density at radius 2 is 1.85 bits per heavy atom. The number of carbonyl (C=O) groups is 3. The number of furan rings is 1. The minimum absolute atomic E-state index is 0.219. The number of barbiturate groups is 1. The number of aromatic amines is 1. The molecule has 2 N–H and O–H groups in total. The second-order valence-corrected chi connectivity index (χ2v) is 8.20. The first-order valence-corrected chi connectivity index (χ1v) is 11.2. The van der Waals surface area contributed by atoms with Gasteiger partial charge in [0.05, 0.1) is 23.3 Å². The van der Waals surface area contributed by atoms with E-state index in [1.54, 1.807) is 36.4 Å². The van der Waals surface area contributed by atoms with Crippen LogP contribution in [0.15, 0.2) is 80.9 Å². The first-order valence-electron chi connectivity index (χ1n) is 10.4. The first kappa shape index (κ1) is 21.5. The fourth-order valence-corrected chi connectivity index (χ4v) is 4.20. The highest BCUT2D eigenvalue weighted by Gasteiger charge is 2.37. The molecule has 0 unspecified atom stereocenters. The Morgan fingerprint density at radius 1 is 1.06 bits per heavy atom. The van der Waals surface area contributed by atoms with Gasteiger partial charge in [0.25, 0.3) is 11.8 Å². The van der Waals surface area contributed by atoms with Gasteiger partial charge in [0.1, 0.15) is 17.1 Å². The number of hydrogen-bond donors (Lipinski definition) is 2. The monoisotopic (exact) mass is 474 g/mol. The molecular formula is C24H18N4O5S. The van der Waals surface area contributed by atoms with Crippen molar-refractivity contribution in [3.05, 3.63) is 72.0 Å². The summed E-state index contributed by atoms with van der Waals surface area (Å²) in [6.45, 7) is 2.34. The molecule has 10 heteroatoms. The van der Waals surface area contributed by atoms with E-state index in [0.717, 1.165) is 15.9 Å². The van der Waals surface area contributed by atoms with Crippen LogP contribution in [0, 0.1) is 0 Å². The van der Waals surface area contributed by atoms with Gasteiger partial charge in [-0.25, -0.2) is 14.7 Å². The molecular weight excluding hydrogens is 456 g/mol. The van der Waals surface area contributed by atoms with Gasteiger partial charge in [-0.3, -0.25) is 14.9 Å². The number of fused-ring (bicyclic) bond motifs is 1. The number of aromatic nitrogens is 2. The Morgan fingerprint density at radius 3 is 2.62 bits per heavy atom. The number of urea groups is 1. The van der Waals surface area contributed by atoms with Crippen LogP contribution in [0.25, 0.3) is 17.1 Å². The van der Waals surface area contributed by atoms with Crippen molar-refractivity contribution >= 4 is 52.4 Å². The van der Waals surface area contributed by atoms with Crippen LogP contribution in [0.1, 0.15) is 12.7 Å². The molecule has 170 valence electrons. The number of carbonyl (C=O) groups excluding carboxylic acids is 3. The third kappa shape index (κ3) is 4.18. The Kier molecular flexibility index (Phi) is 5.64. The fourth-order valence-electron chi connectivity index (χ4n) is 3.43. The molecule has 5 rings (SSSR count). The highest BCUT2D eigenvalue weighted by molar-refractivity contribution is 7.99. The summed E-state index contributed by atoms with van der Waals surface area (Å²) in [5.41, 5.74) is 1.83. The van der Waals surface area contributed by atoms with Gasteiger partial charge in [-0.2, -0.15) is 0 Å². The number of hydrogen-bond acceptors (Lipinski definition) is 7. The molecule has 0 spiro atoms. The molecule has 3 heterocycles. The number of H-pyrrole nitrogens is 1. The van der Waals surface area contributed by atoms with E-state index in [-0.39, 0.29) is 11.3 Å². The molecule has 4 amide bonds. The molecule has 0 aliphatic carbocycles. The van der Waals surface area contributed by atoms with Crippen LogP contribution in [0.2, 0.25) is 0 Å². The number of ether oxygens (including phenoxy) is 1. The normalized spacial score (nSPS) is 15.3. The number of rotatable bonds is 6. The molecule has 1 aliphatic heterocycles. The summed E-state index contributed by atoms with van der Waals surface area (Å²) in [5.74, 6) is -0.646. The molecule has 0 bridgehead atoms. The van der Waals surface area contributed by atoms with Crippen LogP contribution >= 0.6 is 11.8 Å². The van der Waals surface area contributed by atoms with Crippen LogP contribution in [0.3, 0.4) is 0 Å². The molecule has 2 aromatic carbocycles. The van der Waals surface area contributed by atoms with Crippen molar-refractivity contribution in [1.82, 2.24) is 15.3 Å². The average Bonchev–Trinajstić information content (AvgIpc) is 3.44. The van der Waals surface area contributed by atoms with Crippen LogP contribution in [-0.4, -0.2) is 34.4 Å². The van der Waals surface area contributed by atoms with E-state index in [4.69, 9.17) is 9.15 Å². The van der Waals surface area contributed by atoms with Gasteiger partial charge in [0.2, 0.25) is 0 Å². The van der Waals surface area contributed by atoms with Crippen molar-refractivity contribution in [3.63, 3.8) is 0 Å². The van der Waals surface area contributed by atoms with E-state index in [0.29, 0.717) is 28.3 Å². The maximum Gasteiger partial charge on any atom is 0.335 e. The summed E-state index contributed by atoms with van der Waals surface area (Å²) < 4.78 is 11.2. The van der Waals surface area contributed by atoms with Crippen molar-refractivity contribution in [2.45, 2.75) is 17.2 Å². The van der Waals surface area contributed by atoms with Crippen molar-refractivity contribution in [2.24, 2.45) is 0 Å². The summed E-state index contributed by atoms with van der Waals surface area (Å²) in [7, 11) is 0. The molecule has 4 aromatic rings. The first-order chi connectivity index (χ1) is 16.5. The standard InChI is InChI=1S/C24H18N4O5S/c1-2-32-15-9-7-14(8-10-15)28-22(30)17(21(29)27-24(28)31)13-16-11-12-20(33-16)34-23-25-18-5-3-4-6-19(18)26-23/h3-13H,2H2,1H3,(H,25,26)(H,27,29,31). The molecule has 1 saturated heterocycles. The van der Waals surface area contributed by atoms with Gasteiger partial charge in [-0.15, -0.1) is 0 Å². The number of imide groups is 2. The zero-order valence-electron chi connectivity index (χ0n) is 17.9. The molecule has 9 nitrogen and oxygen atoms in total. The Bertz CT molecular complexity index is 1400. The molecule has 0 radical (unpaired) electrons. The third-order valence-electron chi connectivity index (χ3n) is 4.96. The van der Waals surface area contributed by atoms with Gasteiger partial charge in [0.15, 0.2) is 10.2 Å². The second kappa shape index (κ2) is 8.91. The number of nitrogens with zero attached hydrogens (tertiary/aromatic N) is 2. The lowest BCUT2D eigenvalue weighted by molar-refractivity contribution is -0.122. The maximum atomic E-state index is 13.0. The van der Waals surface area contributed by atoms with Crippen LogP contribution in [0.4, 0.5) is 10.5 Å². The highest BCUT2D eigenvalue weighted by atomic mass is 32.2. The fraction of sp³-hybridized carbons (Fsp3) is 0.0833. The van der Waals surface area contributed by atoms with E-state index in [2.05, 4.69) is 15.3 Å². The highest BCUT2D eigenvalue weighted by Crippen LogP contribution is 2.30. The van der Waals surface area contributed by atoms with Crippen molar-refractivity contribution in [3.8, 4) is 5.75 Å². The summed E-state index contributed by atoms with van der Waals surface area (Å²) in [5, 5.41) is 3.36. The van der Waals surface area contributed by atoms with Crippen molar-refractivity contribution in [2.75, 3.05) is 11.5 Å². The van der Waals surface area contributed by atoms with Crippen LogP contribution in [-0.2, 0) is 9.59 Å². The molecule has 0 atom stereocenters. The van der Waals surface area contributed by atoms with Gasteiger partial charge < -0.3 is 14.1 Å². The SMILES string of the molecule is CCOc1ccc(N2C(=O)NC(=O)C(=Cc3ccc(Sc4nc5ccccc5[nH]4)o3)C2=O)cc1. The second-order valence-electron chi connectivity index (χ2n) is 7.20. The lowest BCUT2D eigenvalue weighted by Crippen LogP contribution is -2.54. The third-order valence-corrected chi connectivity index (χ3v) is 5.77. The molecule has 0 saturated carbocycles. The largest absolute Gasteiger partial charge is 0.494 e. The van der Waals surface area contributed by atoms with Crippen LogP contribution < -0.4 is 15.0 Å². The topological polar surface area (TPSA) is 118 Å². The summed E-state index contributed by atoms with van der Waals surface area (Å²) >= 11 is 1.28. The molecule has 1 fully saturated rings. The average molecular weight is 474 g/mol. The summed E-state index contributed by atoms with van der Waals surface area (Å²) in [4.78, 5) is 46.4. The van der Waals surface area contributed by atoms with E-state index < -0.39 is 17.8 Å². The number of imidazole rings is 1.